The molecule has 0 aromatic rings. The van der Waals surface area contributed by atoms with E-state index >= 15 is 0 Å². The molecular weight excluding hydrogens is 188 g/mol. The van der Waals surface area contributed by atoms with Crippen LogP contribution in [0.25, 0.3) is 0 Å². The molecule has 2 rings (SSSR count). The predicted molar refractivity (Wildman–Crippen MR) is 62.3 cm³/mol. The van der Waals surface area contributed by atoms with Gasteiger partial charge in [0, 0.05) is 6.54 Å². The van der Waals surface area contributed by atoms with Gasteiger partial charge in [0.2, 0.25) is 0 Å². The normalized spacial score (nSPS) is 33.2. The molecule has 1 aliphatic heterocycles. The number of amidine groups is 1. The largest absolute Gasteiger partial charge is 0.384 e. The van der Waals surface area contributed by atoms with Crippen molar-refractivity contribution in [1.82, 2.24) is 5.01 Å². The fraction of sp³-hybridized carbons (Fsp3) is 0.909. The second kappa shape index (κ2) is 4.39. The van der Waals surface area contributed by atoms with E-state index < -0.39 is 0 Å². The number of nitrogens with zero attached hydrogens (tertiary/aromatic N) is 2. The lowest BCUT2D eigenvalue weighted by Crippen LogP contribution is -2.44. The van der Waals surface area contributed by atoms with Crippen LogP contribution in [0.2, 0.25) is 0 Å². The van der Waals surface area contributed by atoms with Gasteiger partial charge in [-0.3, -0.25) is 5.01 Å². The third kappa shape index (κ3) is 2.25. The Morgan fingerprint density at radius 3 is 2.53 bits per heavy atom. The van der Waals surface area contributed by atoms with Gasteiger partial charge in [0.15, 0.2) is 0 Å². The van der Waals surface area contributed by atoms with Gasteiger partial charge in [0.1, 0.15) is 5.84 Å². The Morgan fingerprint density at radius 2 is 2.00 bits per heavy atom. The van der Waals surface area contributed by atoms with Crippen LogP contribution in [0.15, 0.2) is 5.10 Å². The summed E-state index contributed by atoms with van der Waals surface area (Å²) in [5.41, 5.74) is 11.7. The van der Waals surface area contributed by atoms with Crippen LogP contribution in [0.5, 0.6) is 0 Å². The first kappa shape index (κ1) is 10.7. The topological polar surface area (TPSA) is 67.6 Å². The van der Waals surface area contributed by atoms with Crippen LogP contribution >= 0.6 is 0 Å². The second-order valence-corrected chi connectivity index (χ2v) is 4.92. The Bertz CT molecular complexity index is 245. The molecule has 2 aliphatic rings. The van der Waals surface area contributed by atoms with E-state index in [-0.39, 0.29) is 12.1 Å². The monoisotopic (exact) mass is 210 g/mol. The average Bonchev–Trinajstić information content (AvgIpc) is 2.48. The molecule has 0 aromatic carbocycles. The molecule has 0 bridgehead atoms. The highest BCUT2D eigenvalue weighted by molar-refractivity contribution is 5.87. The van der Waals surface area contributed by atoms with Crippen molar-refractivity contribution < 1.29 is 0 Å². The highest BCUT2D eigenvalue weighted by Crippen LogP contribution is 2.26. The van der Waals surface area contributed by atoms with Crippen molar-refractivity contribution in [2.75, 3.05) is 6.54 Å². The lowest BCUT2D eigenvalue weighted by molar-refractivity contribution is 0.174. The summed E-state index contributed by atoms with van der Waals surface area (Å²) in [6.07, 6.45) is 6.83. The minimum atomic E-state index is -0.0754. The number of hydrazone groups is 1. The Hall–Kier alpha value is -0.770. The molecule has 2 atom stereocenters. The van der Waals surface area contributed by atoms with Crippen LogP contribution in [-0.2, 0) is 0 Å². The van der Waals surface area contributed by atoms with Crippen LogP contribution < -0.4 is 11.5 Å². The van der Waals surface area contributed by atoms with Gasteiger partial charge in [-0.25, -0.2) is 0 Å². The summed E-state index contributed by atoms with van der Waals surface area (Å²) in [5.74, 6) is 1.39. The first-order valence-electron chi connectivity index (χ1n) is 6.04. The first-order chi connectivity index (χ1) is 7.18. The van der Waals surface area contributed by atoms with E-state index in [0.717, 1.165) is 12.5 Å². The lowest BCUT2D eigenvalue weighted by Gasteiger charge is -2.29. The fourth-order valence-electron chi connectivity index (χ4n) is 2.58. The molecule has 86 valence electrons. The zero-order valence-corrected chi connectivity index (χ0v) is 9.52. The maximum Gasteiger partial charge on any atom is 0.139 e. The van der Waals surface area contributed by atoms with Crippen molar-refractivity contribution in [3.05, 3.63) is 0 Å². The molecule has 0 aromatic heterocycles. The standard InChI is InChI=1S/C11H22N4/c1-8-10(12)11(13)14-15(8)7-9-5-3-2-4-6-9/h8-10H,2-7,12H2,1H3,(H2,13,14). The van der Waals surface area contributed by atoms with Crippen LogP contribution in [0.4, 0.5) is 0 Å². The van der Waals surface area contributed by atoms with Gasteiger partial charge >= 0.3 is 0 Å². The number of hydrogen-bond donors (Lipinski definition) is 2. The minimum Gasteiger partial charge on any atom is -0.384 e. The fourth-order valence-corrected chi connectivity index (χ4v) is 2.58. The Balaban J connectivity index is 1.89. The van der Waals surface area contributed by atoms with Crippen molar-refractivity contribution in [2.45, 2.75) is 51.1 Å². The van der Waals surface area contributed by atoms with Crippen molar-refractivity contribution >= 4 is 5.84 Å². The third-order valence-corrected chi connectivity index (χ3v) is 3.75. The van der Waals surface area contributed by atoms with Crippen molar-refractivity contribution in [3.8, 4) is 0 Å². The zero-order valence-electron chi connectivity index (χ0n) is 9.52. The molecule has 0 spiro atoms. The molecule has 0 radical (unpaired) electrons. The van der Waals surface area contributed by atoms with Gasteiger partial charge in [0.05, 0.1) is 12.1 Å². The van der Waals surface area contributed by atoms with Gasteiger partial charge in [-0.2, -0.15) is 5.10 Å². The van der Waals surface area contributed by atoms with Crippen LogP contribution in [0, 0.1) is 5.92 Å². The molecule has 1 saturated carbocycles. The maximum atomic E-state index is 5.92. The summed E-state index contributed by atoms with van der Waals surface area (Å²) < 4.78 is 0. The summed E-state index contributed by atoms with van der Waals surface area (Å²) in [6.45, 7) is 3.15. The highest BCUT2D eigenvalue weighted by Gasteiger charge is 2.31. The van der Waals surface area contributed by atoms with Gasteiger partial charge in [-0.15, -0.1) is 0 Å². The maximum absolute atomic E-state index is 5.92. The van der Waals surface area contributed by atoms with Crippen molar-refractivity contribution in [2.24, 2.45) is 22.5 Å². The zero-order chi connectivity index (χ0) is 10.8. The van der Waals surface area contributed by atoms with E-state index in [9.17, 15) is 0 Å². The third-order valence-electron chi connectivity index (χ3n) is 3.75. The summed E-state index contributed by atoms with van der Waals surface area (Å²) in [4.78, 5) is 0. The molecule has 1 fully saturated rings. The van der Waals surface area contributed by atoms with Crippen LogP contribution in [0.3, 0.4) is 0 Å². The Labute approximate surface area is 91.7 Å². The first-order valence-corrected chi connectivity index (χ1v) is 6.04. The summed E-state index contributed by atoms with van der Waals surface area (Å²) in [6, 6.07) is 0.195. The SMILES string of the molecule is CC1C(N)C(N)=NN1CC1CCCCC1. The molecule has 0 amide bonds. The minimum absolute atomic E-state index is 0.0754. The molecule has 2 unspecified atom stereocenters. The molecule has 1 aliphatic carbocycles. The highest BCUT2D eigenvalue weighted by atomic mass is 15.5. The van der Waals surface area contributed by atoms with Gasteiger partial charge in [-0.05, 0) is 25.7 Å². The van der Waals surface area contributed by atoms with Crippen LogP contribution in [-0.4, -0.2) is 29.5 Å². The van der Waals surface area contributed by atoms with E-state index in [1.54, 1.807) is 0 Å². The van der Waals surface area contributed by atoms with E-state index in [1.807, 2.05) is 0 Å². The number of nitrogens with two attached hydrogens (primary N) is 2. The lowest BCUT2D eigenvalue weighted by atomic mass is 9.89. The smallest absolute Gasteiger partial charge is 0.139 e. The van der Waals surface area contributed by atoms with Crippen LogP contribution in [0.1, 0.15) is 39.0 Å². The molecule has 1 heterocycles. The molecular formula is C11H22N4. The Kier molecular flexibility index (Phi) is 3.14. The Morgan fingerprint density at radius 1 is 1.33 bits per heavy atom. The molecule has 0 saturated heterocycles. The van der Waals surface area contributed by atoms with Gasteiger partial charge in [0.25, 0.3) is 0 Å². The second-order valence-electron chi connectivity index (χ2n) is 4.92. The number of hydrogen-bond acceptors (Lipinski definition) is 4. The molecule has 4 N–H and O–H groups in total. The van der Waals surface area contributed by atoms with E-state index in [0.29, 0.717) is 5.84 Å². The van der Waals surface area contributed by atoms with E-state index in [4.69, 9.17) is 11.5 Å². The predicted octanol–water partition coefficient (Wildman–Crippen LogP) is 0.870. The van der Waals surface area contributed by atoms with Crippen molar-refractivity contribution in [3.63, 3.8) is 0 Å². The van der Waals surface area contributed by atoms with Crippen molar-refractivity contribution in [1.29, 1.82) is 0 Å². The summed E-state index contributed by atoms with van der Waals surface area (Å²) in [5, 5.41) is 6.44. The molecule has 4 nitrogen and oxygen atoms in total. The van der Waals surface area contributed by atoms with E-state index in [1.165, 1.54) is 32.1 Å². The van der Waals surface area contributed by atoms with Gasteiger partial charge in [-0.1, -0.05) is 19.3 Å². The van der Waals surface area contributed by atoms with E-state index in [2.05, 4.69) is 17.0 Å². The average molecular weight is 210 g/mol. The molecule has 4 heteroatoms. The number of rotatable bonds is 2. The summed E-state index contributed by atoms with van der Waals surface area (Å²) in [7, 11) is 0. The summed E-state index contributed by atoms with van der Waals surface area (Å²) >= 11 is 0. The molecule has 15 heavy (non-hydrogen) atoms. The quantitative estimate of drug-likeness (QED) is 0.710. The van der Waals surface area contributed by atoms with Gasteiger partial charge < -0.3 is 11.5 Å².